The molecule has 13 nitrogen and oxygen atoms in total. The Labute approximate surface area is 258 Å². The van der Waals surface area contributed by atoms with Gasteiger partial charge in [-0.15, -0.1) is 0 Å². The van der Waals surface area contributed by atoms with Crippen molar-refractivity contribution in [2.75, 3.05) is 17.2 Å². The van der Waals surface area contributed by atoms with Gasteiger partial charge in [0.05, 0.1) is 0 Å². The van der Waals surface area contributed by atoms with E-state index in [-0.39, 0.29) is 87.3 Å². The van der Waals surface area contributed by atoms with Crippen LogP contribution in [-0.4, -0.2) is 52.5 Å². The van der Waals surface area contributed by atoms with Crippen molar-refractivity contribution in [3.63, 3.8) is 0 Å². The van der Waals surface area contributed by atoms with Gasteiger partial charge in [-0.05, 0) is 18.2 Å². The Morgan fingerprint density at radius 1 is 0.389 bits per heavy atom. The molecule has 0 saturated carbocycles. The molecule has 3 aromatic rings. The van der Waals surface area contributed by atoms with E-state index in [1.807, 2.05) is 0 Å². The van der Waals surface area contributed by atoms with E-state index in [0.29, 0.717) is 33.8 Å². The van der Waals surface area contributed by atoms with Gasteiger partial charge in [0.15, 0.2) is 18.9 Å². The molecule has 0 fully saturated rings. The third-order valence-corrected chi connectivity index (χ3v) is 3.82. The molecule has 3 rings (SSSR count). The molecule has 0 unspecified atom stereocenters. The SMILES string of the molecule is Nc1ccccc1C(O)O.Nc1ccccc1C(O)O.Nc1ccccc1C(O)O.O.O.O.O.[Y].[Y]. The number of aliphatic hydroxyl groups excluding tert-OH is 3. The van der Waals surface area contributed by atoms with Crippen LogP contribution >= 0.6 is 0 Å². The van der Waals surface area contributed by atoms with Crippen molar-refractivity contribution in [1.82, 2.24) is 0 Å². The summed E-state index contributed by atoms with van der Waals surface area (Å²) >= 11 is 0. The number of nitrogens with two attached hydrogens (primary N) is 3. The predicted octanol–water partition coefficient (Wildman–Crippen LogP) is -2.55. The second-order valence-electron chi connectivity index (χ2n) is 6.01. The fourth-order valence-electron chi connectivity index (χ4n) is 2.24. The first-order valence-electron chi connectivity index (χ1n) is 8.76. The molecule has 0 aliphatic heterocycles. The fourth-order valence-corrected chi connectivity index (χ4v) is 2.24. The number of hydrogen-bond acceptors (Lipinski definition) is 9. The summed E-state index contributed by atoms with van der Waals surface area (Å²) in [4.78, 5) is 0. The molecule has 0 spiro atoms. The molecule has 15 heteroatoms. The van der Waals surface area contributed by atoms with Crippen molar-refractivity contribution in [1.29, 1.82) is 0 Å². The zero-order valence-corrected chi connectivity index (χ0v) is 24.9. The van der Waals surface area contributed by atoms with E-state index in [2.05, 4.69) is 0 Å². The van der Waals surface area contributed by atoms with Gasteiger partial charge in [0.25, 0.3) is 0 Å². The normalized spacial score (nSPS) is 8.58. The van der Waals surface area contributed by atoms with Gasteiger partial charge in [0.2, 0.25) is 0 Å². The average Bonchev–Trinajstić information content (AvgIpc) is 2.69. The van der Waals surface area contributed by atoms with Crippen molar-refractivity contribution in [2.24, 2.45) is 0 Å². The molecule has 200 valence electrons. The van der Waals surface area contributed by atoms with Crippen molar-refractivity contribution in [3.8, 4) is 0 Å². The van der Waals surface area contributed by atoms with Crippen molar-refractivity contribution in [2.45, 2.75) is 18.9 Å². The third-order valence-electron chi connectivity index (χ3n) is 3.82. The standard InChI is InChI=1S/3C7H9NO2.4H2O.2Y/c3*8-6-4-2-1-3-5(6)7(9)10;;;;;;/h3*1-4,7,9-10H,8H2;4*1H2;;. The molecule has 0 bridgehead atoms. The van der Waals surface area contributed by atoms with Crippen LogP contribution in [0, 0.1) is 0 Å². The summed E-state index contributed by atoms with van der Waals surface area (Å²) in [6.45, 7) is 0. The molecule has 3 aromatic carbocycles. The summed E-state index contributed by atoms with van der Waals surface area (Å²) in [7, 11) is 0. The molecular formula is C21H35N3O10Y2. The number of para-hydroxylation sites is 3. The van der Waals surface area contributed by atoms with Gasteiger partial charge in [-0.2, -0.15) is 0 Å². The van der Waals surface area contributed by atoms with E-state index in [1.165, 1.54) is 0 Å². The minimum absolute atomic E-state index is 0. The molecule has 36 heavy (non-hydrogen) atoms. The van der Waals surface area contributed by atoms with Crippen LogP contribution in [0.3, 0.4) is 0 Å². The molecule has 0 aliphatic carbocycles. The number of anilines is 3. The molecule has 20 N–H and O–H groups in total. The number of benzene rings is 3. The summed E-state index contributed by atoms with van der Waals surface area (Å²) in [5, 5.41) is 52.1. The molecule has 0 amide bonds. The van der Waals surface area contributed by atoms with Crippen LogP contribution in [0.4, 0.5) is 17.1 Å². The van der Waals surface area contributed by atoms with Gasteiger partial charge in [-0.1, -0.05) is 54.6 Å². The van der Waals surface area contributed by atoms with E-state index in [0.717, 1.165) is 0 Å². The van der Waals surface area contributed by atoms with Crippen LogP contribution in [0.25, 0.3) is 0 Å². The van der Waals surface area contributed by atoms with Crippen LogP contribution in [-0.2, 0) is 65.4 Å². The fraction of sp³-hybridized carbons (Fsp3) is 0.143. The molecular weight excluding hydrogens is 632 g/mol. The number of hydrogen-bond donors (Lipinski definition) is 9. The predicted molar refractivity (Wildman–Crippen MR) is 129 cm³/mol. The minimum atomic E-state index is -1.47. The van der Waals surface area contributed by atoms with Crippen LogP contribution in [0.1, 0.15) is 35.6 Å². The van der Waals surface area contributed by atoms with E-state index in [4.69, 9.17) is 47.8 Å². The molecule has 0 aliphatic rings. The van der Waals surface area contributed by atoms with Gasteiger partial charge >= 0.3 is 0 Å². The van der Waals surface area contributed by atoms with Crippen LogP contribution in [0.2, 0.25) is 0 Å². The first-order chi connectivity index (χ1) is 14.1. The maximum atomic E-state index is 8.68. The van der Waals surface area contributed by atoms with E-state index in [9.17, 15) is 0 Å². The van der Waals surface area contributed by atoms with E-state index in [1.54, 1.807) is 72.8 Å². The quantitative estimate of drug-likeness (QED) is 0.105. The van der Waals surface area contributed by atoms with E-state index < -0.39 is 18.9 Å². The molecule has 0 aromatic heterocycles. The smallest absolute Gasteiger partial charge is 0.180 e. The van der Waals surface area contributed by atoms with E-state index >= 15 is 0 Å². The van der Waals surface area contributed by atoms with Gasteiger partial charge in [-0.3, -0.25) is 0 Å². The zero-order chi connectivity index (χ0) is 22.7. The second kappa shape index (κ2) is 25.5. The Morgan fingerprint density at radius 3 is 0.667 bits per heavy atom. The summed E-state index contributed by atoms with van der Waals surface area (Å²) in [5.41, 5.74) is 18.5. The Bertz CT molecular complexity index is 805. The second-order valence-corrected chi connectivity index (χ2v) is 6.01. The maximum absolute atomic E-state index is 8.68. The first kappa shape index (κ1) is 48.0. The largest absolute Gasteiger partial charge is 0.412 e. The van der Waals surface area contributed by atoms with Gasteiger partial charge < -0.3 is 69.7 Å². The summed E-state index contributed by atoms with van der Waals surface area (Å²) in [6, 6.07) is 19.9. The van der Waals surface area contributed by atoms with Crippen molar-refractivity contribution in [3.05, 3.63) is 89.5 Å². The van der Waals surface area contributed by atoms with Crippen LogP contribution in [0.15, 0.2) is 72.8 Å². The first-order valence-corrected chi connectivity index (χ1v) is 8.76. The average molecular weight is 667 g/mol. The molecule has 0 atom stereocenters. The monoisotopic (exact) mass is 667 g/mol. The van der Waals surface area contributed by atoms with Gasteiger partial charge in [0, 0.05) is 99.2 Å². The zero-order valence-electron chi connectivity index (χ0n) is 19.2. The topological polar surface area (TPSA) is 325 Å². The van der Waals surface area contributed by atoms with Crippen LogP contribution < -0.4 is 17.2 Å². The van der Waals surface area contributed by atoms with Gasteiger partial charge in [0.1, 0.15) is 0 Å². The number of rotatable bonds is 3. The maximum Gasteiger partial charge on any atom is 0.180 e. The van der Waals surface area contributed by atoms with Crippen molar-refractivity contribution >= 4 is 17.1 Å². The third kappa shape index (κ3) is 17.3. The van der Waals surface area contributed by atoms with Gasteiger partial charge in [-0.25, -0.2) is 0 Å². The minimum Gasteiger partial charge on any atom is -0.412 e. The molecule has 0 heterocycles. The summed E-state index contributed by atoms with van der Waals surface area (Å²) in [6.07, 6.45) is -4.41. The summed E-state index contributed by atoms with van der Waals surface area (Å²) in [5.74, 6) is 0. The number of aliphatic hydroxyl groups is 6. The molecule has 2 radical (unpaired) electrons. The van der Waals surface area contributed by atoms with Crippen LogP contribution in [0.5, 0.6) is 0 Å². The Kier molecular flexibility index (Phi) is 34.0. The Hall–Kier alpha value is -1.13. The summed E-state index contributed by atoms with van der Waals surface area (Å²) < 4.78 is 0. The Morgan fingerprint density at radius 2 is 0.556 bits per heavy atom. The van der Waals surface area contributed by atoms with Crippen molar-refractivity contribution < 1.29 is 118 Å². The molecule has 0 saturated heterocycles. The number of nitrogen functional groups attached to an aromatic ring is 3. The Balaban J connectivity index is -0.0000000865.